The van der Waals surface area contributed by atoms with E-state index in [9.17, 15) is 0 Å². The van der Waals surface area contributed by atoms with E-state index in [1.54, 1.807) is 28.4 Å². The second kappa shape index (κ2) is 6.56. The van der Waals surface area contributed by atoms with Crippen LogP contribution < -0.4 is 0 Å². The molecule has 0 bridgehead atoms. The van der Waals surface area contributed by atoms with Crippen molar-refractivity contribution in [2.24, 2.45) is 0 Å². The van der Waals surface area contributed by atoms with Crippen molar-refractivity contribution < 1.29 is 17.7 Å². The molecule has 0 unspecified atom stereocenters. The molecule has 0 saturated heterocycles. The van der Waals surface area contributed by atoms with Gasteiger partial charge in [-0.1, -0.05) is 6.08 Å². The molecule has 0 amide bonds. The zero-order valence-corrected chi connectivity index (χ0v) is 12.3. The molecule has 90 valence electrons. The normalized spacial score (nSPS) is 12.9. The summed E-state index contributed by atoms with van der Waals surface area (Å²) < 4.78 is 22.0. The minimum Gasteiger partial charge on any atom is -0.398 e. The van der Waals surface area contributed by atoms with Crippen LogP contribution in [0.2, 0.25) is 18.3 Å². The summed E-state index contributed by atoms with van der Waals surface area (Å²) in [5.41, 5.74) is 0.742. The van der Waals surface area contributed by atoms with Crippen molar-refractivity contribution in [3.05, 3.63) is 12.7 Å². The molecule has 6 heteroatoms. The molecule has 0 aliphatic heterocycles. The second-order valence-electron chi connectivity index (χ2n) is 3.53. The molecular weight excluding hydrogens is 228 g/mol. The Balaban J connectivity index is 4.71. The summed E-state index contributed by atoms with van der Waals surface area (Å²) in [6.45, 7) is 5.74. The van der Waals surface area contributed by atoms with E-state index in [1.165, 1.54) is 0 Å². The van der Waals surface area contributed by atoms with Gasteiger partial charge in [0.25, 0.3) is 0 Å². The fourth-order valence-corrected chi connectivity index (χ4v) is 9.31. The standard InChI is InChI=1S/C9H22O4Si2/c1-7-8-15(12-4,13-5)9-14(6,10-2)11-3/h7H,1,8-9H2,2-6H3. The minimum absolute atomic E-state index is 0.742. The molecule has 0 fully saturated rings. The van der Waals surface area contributed by atoms with Crippen LogP contribution in [-0.4, -0.2) is 45.6 Å². The minimum atomic E-state index is -2.23. The van der Waals surface area contributed by atoms with Crippen LogP contribution >= 0.6 is 0 Å². The third-order valence-electron chi connectivity index (χ3n) is 2.65. The molecule has 15 heavy (non-hydrogen) atoms. The van der Waals surface area contributed by atoms with Crippen molar-refractivity contribution in [2.75, 3.05) is 28.4 Å². The maximum Gasteiger partial charge on any atom is 0.343 e. The summed E-state index contributed by atoms with van der Waals surface area (Å²) in [6.07, 6.45) is 1.83. The number of hydrogen-bond donors (Lipinski definition) is 0. The van der Waals surface area contributed by atoms with Crippen molar-refractivity contribution in [1.29, 1.82) is 0 Å². The van der Waals surface area contributed by atoms with Gasteiger partial charge in [-0.15, -0.1) is 6.58 Å². The lowest BCUT2D eigenvalue weighted by molar-refractivity contribution is 0.224. The Morgan fingerprint density at radius 2 is 1.47 bits per heavy atom. The van der Waals surface area contributed by atoms with Gasteiger partial charge in [-0.2, -0.15) is 0 Å². The zero-order chi connectivity index (χ0) is 11.9. The summed E-state index contributed by atoms with van der Waals surface area (Å²) >= 11 is 0. The average Bonchev–Trinajstić information content (AvgIpc) is 2.28. The summed E-state index contributed by atoms with van der Waals surface area (Å²) in [4.78, 5) is 0. The van der Waals surface area contributed by atoms with Crippen LogP contribution in [0, 0.1) is 0 Å². The first-order valence-electron chi connectivity index (χ1n) is 4.83. The van der Waals surface area contributed by atoms with E-state index in [2.05, 4.69) is 6.58 Å². The van der Waals surface area contributed by atoms with Gasteiger partial charge in [0.2, 0.25) is 0 Å². The molecule has 0 spiro atoms. The lowest BCUT2D eigenvalue weighted by Crippen LogP contribution is -2.51. The Hall–Kier alpha value is 0.0138. The number of hydrogen-bond acceptors (Lipinski definition) is 4. The van der Waals surface area contributed by atoms with Crippen LogP contribution in [-0.2, 0) is 17.7 Å². The average molecular weight is 250 g/mol. The maximum atomic E-state index is 5.55. The first-order valence-corrected chi connectivity index (χ1v) is 9.58. The van der Waals surface area contributed by atoms with Crippen LogP contribution in [0.1, 0.15) is 0 Å². The molecule has 4 nitrogen and oxygen atoms in total. The van der Waals surface area contributed by atoms with E-state index in [4.69, 9.17) is 17.7 Å². The van der Waals surface area contributed by atoms with Gasteiger partial charge in [0.1, 0.15) is 0 Å². The topological polar surface area (TPSA) is 36.9 Å². The monoisotopic (exact) mass is 250 g/mol. The zero-order valence-electron chi connectivity index (χ0n) is 10.3. The summed E-state index contributed by atoms with van der Waals surface area (Å²) in [6, 6.07) is 0.745. The maximum absolute atomic E-state index is 5.55. The van der Waals surface area contributed by atoms with Crippen molar-refractivity contribution in [3.63, 3.8) is 0 Å². The Kier molecular flexibility index (Phi) is 6.57. The van der Waals surface area contributed by atoms with Crippen molar-refractivity contribution in [1.82, 2.24) is 0 Å². The molecule has 0 atom stereocenters. The highest BCUT2D eigenvalue weighted by Crippen LogP contribution is 2.25. The number of rotatable bonds is 8. The quantitative estimate of drug-likeness (QED) is 0.486. The van der Waals surface area contributed by atoms with E-state index in [1.807, 2.05) is 12.6 Å². The third kappa shape index (κ3) is 4.17. The molecule has 0 aromatic carbocycles. The summed E-state index contributed by atoms with van der Waals surface area (Å²) in [5, 5.41) is 0. The molecule has 0 heterocycles. The number of allylic oxidation sites excluding steroid dienone is 1. The highest BCUT2D eigenvalue weighted by atomic mass is 28.4. The second-order valence-corrected chi connectivity index (χ2v) is 11.1. The van der Waals surface area contributed by atoms with E-state index >= 15 is 0 Å². The molecule has 0 aromatic rings. The van der Waals surface area contributed by atoms with Crippen LogP contribution in [0.4, 0.5) is 0 Å². The van der Waals surface area contributed by atoms with E-state index in [-0.39, 0.29) is 0 Å². The Labute approximate surface area is 94.7 Å². The van der Waals surface area contributed by atoms with Gasteiger partial charge >= 0.3 is 17.1 Å². The van der Waals surface area contributed by atoms with E-state index in [0.29, 0.717) is 0 Å². The predicted molar refractivity (Wildman–Crippen MR) is 65.2 cm³/mol. The third-order valence-corrected chi connectivity index (χ3v) is 11.5. The van der Waals surface area contributed by atoms with Crippen LogP contribution in [0.15, 0.2) is 12.7 Å². The van der Waals surface area contributed by atoms with Crippen LogP contribution in [0.25, 0.3) is 0 Å². The summed E-state index contributed by atoms with van der Waals surface area (Å²) in [7, 11) is 2.33. The van der Waals surface area contributed by atoms with Gasteiger partial charge in [0.15, 0.2) is 0 Å². The molecule has 0 aromatic heterocycles. The lowest BCUT2D eigenvalue weighted by atomic mass is 10.8. The Morgan fingerprint density at radius 3 is 1.73 bits per heavy atom. The smallest absolute Gasteiger partial charge is 0.343 e. The van der Waals surface area contributed by atoms with Gasteiger partial charge in [0.05, 0.1) is 0 Å². The molecule has 0 N–H and O–H groups in total. The molecule has 0 radical (unpaired) electrons. The van der Waals surface area contributed by atoms with Gasteiger partial charge in [-0.25, -0.2) is 0 Å². The largest absolute Gasteiger partial charge is 0.398 e. The fraction of sp³-hybridized carbons (Fsp3) is 0.778. The molecule has 0 aliphatic carbocycles. The highest BCUT2D eigenvalue weighted by molar-refractivity contribution is 6.85. The van der Waals surface area contributed by atoms with Crippen LogP contribution in [0.3, 0.4) is 0 Å². The highest BCUT2D eigenvalue weighted by Gasteiger charge is 2.45. The Morgan fingerprint density at radius 1 is 1.00 bits per heavy atom. The van der Waals surface area contributed by atoms with Gasteiger partial charge in [0, 0.05) is 40.2 Å². The van der Waals surface area contributed by atoms with E-state index in [0.717, 1.165) is 11.7 Å². The van der Waals surface area contributed by atoms with Gasteiger partial charge in [-0.05, 0) is 6.55 Å². The predicted octanol–water partition coefficient (Wildman–Crippen LogP) is 1.81. The molecule has 0 aliphatic rings. The van der Waals surface area contributed by atoms with E-state index < -0.39 is 17.1 Å². The first kappa shape index (κ1) is 15.0. The molecule has 0 rings (SSSR count). The first-order chi connectivity index (χ1) is 7.01. The van der Waals surface area contributed by atoms with Crippen LogP contribution in [0.5, 0.6) is 0 Å². The lowest BCUT2D eigenvalue weighted by Gasteiger charge is -2.33. The SMILES string of the molecule is C=CC[Si](C[Si](C)(OC)OC)(OC)OC. The van der Waals surface area contributed by atoms with Crippen molar-refractivity contribution >= 4 is 17.1 Å². The Bertz CT molecular complexity index is 191. The van der Waals surface area contributed by atoms with Gasteiger partial charge < -0.3 is 17.7 Å². The van der Waals surface area contributed by atoms with Gasteiger partial charge in [-0.3, -0.25) is 0 Å². The molecule has 0 saturated carbocycles. The molecular formula is C9H22O4Si2. The van der Waals surface area contributed by atoms with Crippen molar-refractivity contribution in [2.45, 2.75) is 18.3 Å². The van der Waals surface area contributed by atoms with Crippen molar-refractivity contribution in [3.8, 4) is 0 Å². The fourth-order valence-electron chi connectivity index (χ4n) is 1.40. The summed E-state index contributed by atoms with van der Waals surface area (Å²) in [5.74, 6) is 0.